The van der Waals surface area contributed by atoms with Crippen molar-refractivity contribution < 1.29 is 9.90 Å². The van der Waals surface area contributed by atoms with Gasteiger partial charge in [-0.25, -0.2) is 9.78 Å². The monoisotopic (exact) mass is 290 g/mol. The van der Waals surface area contributed by atoms with Crippen molar-refractivity contribution in [3.05, 3.63) is 72.4 Å². The van der Waals surface area contributed by atoms with E-state index in [-0.39, 0.29) is 0 Å². The number of aliphatic carboxylic acids is 1. The van der Waals surface area contributed by atoms with E-state index in [1.165, 1.54) is 6.08 Å². The minimum Gasteiger partial charge on any atom is -0.478 e. The Balaban J connectivity index is 2.11. The van der Waals surface area contributed by atoms with Crippen LogP contribution in [0.4, 0.5) is 0 Å². The largest absolute Gasteiger partial charge is 0.478 e. The number of aromatic amines is 1. The lowest BCUT2D eigenvalue weighted by atomic mass is 10.1. The summed E-state index contributed by atoms with van der Waals surface area (Å²) >= 11 is 0. The van der Waals surface area contributed by atoms with Crippen LogP contribution in [0.25, 0.3) is 28.7 Å². The number of carbonyl (C=O) groups is 1. The Labute approximate surface area is 127 Å². The first-order chi connectivity index (χ1) is 10.7. The van der Waals surface area contributed by atoms with Crippen molar-refractivity contribution >= 4 is 12.0 Å². The third-order valence-corrected chi connectivity index (χ3v) is 3.22. The van der Waals surface area contributed by atoms with Gasteiger partial charge in [0, 0.05) is 17.2 Å². The van der Waals surface area contributed by atoms with Gasteiger partial charge in [-0.05, 0) is 6.08 Å². The minimum absolute atomic E-state index is 0.674. The molecule has 4 heteroatoms. The molecule has 0 fully saturated rings. The van der Waals surface area contributed by atoms with Crippen molar-refractivity contribution in [1.82, 2.24) is 9.97 Å². The van der Waals surface area contributed by atoms with Gasteiger partial charge in [-0.1, -0.05) is 60.7 Å². The summed E-state index contributed by atoms with van der Waals surface area (Å²) in [5.74, 6) is -0.278. The molecule has 108 valence electrons. The maximum atomic E-state index is 10.8. The van der Waals surface area contributed by atoms with Crippen molar-refractivity contribution in [3.63, 3.8) is 0 Å². The van der Waals surface area contributed by atoms with Crippen LogP contribution in [0.3, 0.4) is 0 Å². The Morgan fingerprint density at radius 3 is 2.14 bits per heavy atom. The number of carboxylic acid groups (broad SMARTS) is 1. The molecule has 0 saturated carbocycles. The van der Waals surface area contributed by atoms with Crippen LogP contribution in [0.5, 0.6) is 0 Å². The number of nitrogens with zero attached hydrogens (tertiary/aromatic N) is 1. The smallest absolute Gasteiger partial charge is 0.328 e. The van der Waals surface area contributed by atoms with E-state index in [1.807, 2.05) is 60.7 Å². The molecule has 22 heavy (non-hydrogen) atoms. The van der Waals surface area contributed by atoms with Gasteiger partial charge in [-0.2, -0.15) is 0 Å². The van der Waals surface area contributed by atoms with E-state index < -0.39 is 5.97 Å². The van der Waals surface area contributed by atoms with Crippen molar-refractivity contribution in [3.8, 4) is 22.6 Å². The molecule has 1 heterocycles. The molecule has 0 atom stereocenters. The maximum Gasteiger partial charge on any atom is 0.328 e. The van der Waals surface area contributed by atoms with Crippen LogP contribution >= 0.6 is 0 Å². The highest BCUT2D eigenvalue weighted by atomic mass is 16.4. The van der Waals surface area contributed by atoms with Gasteiger partial charge in [0.2, 0.25) is 0 Å². The van der Waals surface area contributed by atoms with E-state index in [1.54, 1.807) is 0 Å². The van der Waals surface area contributed by atoms with Crippen LogP contribution in [-0.4, -0.2) is 21.0 Å². The molecule has 0 saturated heterocycles. The molecule has 0 amide bonds. The molecule has 3 aromatic rings. The Hall–Kier alpha value is -3.14. The van der Waals surface area contributed by atoms with E-state index >= 15 is 0 Å². The Morgan fingerprint density at radius 2 is 1.55 bits per heavy atom. The topological polar surface area (TPSA) is 66.0 Å². The molecule has 4 nitrogen and oxygen atoms in total. The Bertz CT molecular complexity index is 806. The van der Waals surface area contributed by atoms with E-state index in [4.69, 9.17) is 5.11 Å². The van der Waals surface area contributed by atoms with Crippen LogP contribution in [0.15, 0.2) is 66.7 Å². The lowest BCUT2D eigenvalue weighted by Crippen LogP contribution is -1.87. The average Bonchev–Trinajstić information content (AvgIpc) is 2.99. The summed E-state index contributed by atoms with van der Waals surface area (Å²) in [4.78, 5) is 18.6. The molecule has 0 aliphatic heterocycles. The van der Waals surface area contributed by atoms with Crippen molar-refractivity contribution in [2.45, 2.75) is 0 Å². The minimum atomic E-state index is -0.991. The number of nitrogens with one attached hydrogen (secondary N) is 1. The first kappa shape index (κ1) is 13.8. The van der Waals surface area contributed by atoms with Gasteiger partial charge in [-0.15, -0.1) is 0 Å². The first-order valence-electron chi connectivity index (χ1n) is 6.86. The van der Waals surface area contributed by atoms with Crippen LogP contribution in [0, 0.1) is 0 Å². The van der Waals surface area contributed by atoms with E-state index in [0.29, 0.717) is 11.5 Å². The molecule has 2 N–H and O–H groups in total. The molecule has 3 rings (SSSR count). The lowest BCUT2D eigenvalue weighted by Gasteiger charge is -1.97. The molecule has 0 unspecified atom stereocenters. The zero-order chi connectivity index (χ0) is 15.4. The van der Waals surface area contributed by atoms with E-state index in [9.17, 15) is 4.79 Å². The maximum absolute atomic E-state index is 10.8. The number of rotatable bonds is 4. The number of imidazole rings is 1. The number of H-pyrrole nitrogens is 1. The second-order valence-electron chi connectivity index (χ2n) is 4.75. The molecule has 1 aromatic heterocycles. The quantitative estimate of drug-likeness (QED) is 0.717. The molecule has 0 bridgehead atoms. The Kier molecular flexibility index (Phi) is 3.83. The number of hydrogen-bond acceptors (Lipinski definition) is 2. The lowest BCUT2D eigenvalue weighted by molar-refractivity contribution is -0.131. The van der Waals surface area contributed by atoms with Gasteiger partial charge in [0.05, 0.1) is 11.4 Å². The van der Waals surface area contributed by atoms with Gasteiger partial charge in [-0.3, -0.25) is 0 Å². The molecule has 2 aromatic carbocycles. The van der Waals surface area contributed by atoms with E-state index in [2.05, 4.69) is 9.97 Å². The average molecular weight is 290 g/mol. The van der Waals surface area contributed by atoms with Gasteiger partial charge in [0.15, 0.2) is 0 Å². The van der Waals surface area contributed by atoms with Gasteiger partial charge in [0.1, 0.15) is 5.82 Å². The zero-order valence-corrected chi connectivity index (χ0v) is 11.7. The number of carboxylic acids is 1. The van der Waals surface area contributed by atoms with Crippen LogP contribution in [0.1, 0.15) is 5.69 Å². The summed E-state index contributed by atoms with van der Waals surface area (Å²) in [6.45, 7) is 0. The summed E-state index contributed by atoms with van der Waals surface area (Å²) in [5.41, 5.74) is 3.30. The molecule has 0 radical (unpaired) electrons. The van der Waals surface area contributed by atoms with Gasteiger partial charge in [0.25, 0.3) is 0 Å². The summed E-state index contributed by atoms with van der Waals surface area (Å²) < 4.78 is 0. The SMILES string of the molecule is O=C(O)/C=C/c1[nH]c(-c2ccccc2)nc1-c1ccccc1. The third-order valence-electron chi connectivity index (χ3n) is 3.22. The number of hydrogen-bond donors (Lipinski definition) is 2. The summed E-state index contributed by atoms with van der Waals surface area (Å²) in [7, 11) is 0. The van der Waals surface area contributed by atoms with Crippen LogP contribution in [0.2, 0.25) is 0 Å². The highest BCUT2D eigenvalue weighted by Gasteiger charge is 2.11. The third kappa shape index (κ3) is 2.96. The summed E-state index contributed by atoms with van der Waals surface area (Å²) in [6, 6.07) is 19.4. The molecule has 0 spiro atoms. The van der Waals surface area contributed by atoms with Crippen molar-refractivity contribution in [1.29, 1.82) is 0 Å². The zero-order valence-electron chi connectivity index (χ0n) is 11.7. The highest BCUT2D eigenvalue weighted by molar-refractivity contribution is 5.87. The predicted molar refractivity (Wildman–Crippen MR) is 86.1 cm³/mol. The molecular formula is C18H14N2O2. The molecule has 0 aliphatic rings. The summed E-state index contributed by atoms with van der Waals surface area (Å²) in [6.07, 6.45) is 2.64. The highest BCUT2D eigenvalue weighted by Crippen LogP contribution is 2.26. The normalized spacial score (nSPS) is 10.9. The van der Waals surface area contributed by atoms with Crippen molar-refractivity contribution in [2.24, 2.45) is 0 Å². The second-order valence-corrected chi connectivity index (χ2v) is 4.75. The van der Waals surface area contributed by atoms with Crippen molar-refractivity contribution in [2.75, 3.05) is 0 Å². The van der Waals surface area contributed by atoms with Crippen LogP contribution < -0.4 is 0 Å². The number of benzene rings is 2. The fourth-order valence-corrected chi connectivity index (χ4v) is 2.21. The number of aromatic nitrogens is 2. The molecular weight excluding hydrogens is 276 g/mol. The first-order valence-corrected chi connectivity index (χ1v) is 6.86. The van der Waals surface area contributed by atoms with E-state index in [0.717, 1.165) is 22.9 Å². The van der Waals surface area contributed by atoms with Gasteiger partial charge >= 0.3 is 5.97 Å². The predicted octanol–water partition coefficient (Wildman–Crippen LogP) is 3.84. The Morgan fingerprint density at radius 1 is 0.955 bits per heavy atom. The standard InChI is InChI=1S/C18H14N2O2/c21-16(22)12-11-15-17(13-7-3-1-4-8-13)20-18(19-15)14-9-5-2-6-10-14/h1-12H,(H,19,20)(H,21,22)/b12-11+. The second kappa shape index (κ2) is 6.10. The fraction of sp³-hybridized carbons (Fsp3) is 0. The molecule has 0 aliphatic carbocycles. The fourth-order valence-electron chi connectivity index (χ4n) is 2.21. The summed E-state index contributed by atoms with van der Waals surface area (Å²) in [5, 5.41) is 8.84. The van der Waals surface area contributed by atoms with Gasteiger partial charge < -0.3 is 10.1 Å². The van der Waals surface area contributed by atoms with Crippen LogP contribution in [-0.2, 0) is 4.79 Å².